The second-order valence-electron chi connectivity index (χ2n) is 1.35. The summed E-state index contributed by atoms with van der Waals surface area (Å²) in [7, 11) is 1.84. The lowest BCUT2D eigenvalue weighted by atomic mass is 10.7. The molecular formula is C5H12N2S. The van der Waals surface area contributed by atoms with Gasteiger partial charge in [0.15, 0.2) is 0 Å². The van der Waals surface area contributed by atoms with E-state index >= 15 is 0 Å². The van der Waals surface area contributed by atoms with Crippen molar-refractivity contribution in [2.75, 3.05) is 13.3 Å². The molecule has 0 radical (unpaired) electrons. The fourth-order valence-electron chi connectivity index (χ4n) is 0.233. The molecule has 0 fully saturated rings. The molecule has 0 spiro atoms. The van der Waals surface area contributed by atoms with Gasteiger partial charge in [0.25, 0.3) is 0 Å². The largest absolute Gasteiger partial charge is 0.328 e. The van der Waals surface area contributed by atoms with Crippen molar-refractivity contribution in [3.05, 3.63) is 11.1 Å². The molecule has 0 unspecified atom stereocenters. The van der Waals surface area contributed by atoms with Crippen molar-refractivity contribution in [1.82, 2.24) is 10.9 Å². The van der Waals surface area contributed by atoms with Gasteiger partial charge in [-0.2, -0.15) is 0 Å². The third-order valence-electron chi connectivity index (χ3n) is 0.742. The number of hydrazine groups is 1. The summed E-state index contributed by atoms with van der Waals surface area (Å²) in [5.41, 5.74) is 5.66. The Balaban J connectivity index is 3.26. The zero-order valence-electron chi connectivity index (χ0n) is 5.49. The van der Waals surface area contributed by atoms with Gasteiger partial charge in [-0.25, -0.2) is 5.43 Å². The first-order valence-electron chi connectivity index (χ1n) is 2.44. The molecule has 2 nitrogen and oxygen atoms in total. The van der Waals surface area contributed by atoms with Gasteiger partial charge in [0, 0.05) is 13.2 Å². The van der Waals surface area contributed by atoms with Crippen LogP contribution in [-0.4, -0.2) is 13.3 Å². The first-order chi connectivity index (χ1) is 3.81. The Morgan fingerprint density at radius 1 is 1.62 bits per heavy atom. The highest BCUT2D eigenvalue weighted by Gasteiger charge is 1.78. The van der Waals surface area contributed by atoms with Crippen LogP contribution in [0.1, 0.15) is 6.92 Å². The number of hydrogen-bond donors (Lipinski definition) is 2. The van der Waals surface area contributed by atoms with Crippen LogP contribution in [0, 0.1) is 0 Å². The van der Waals surface area contributed by atoms with Crippen LogP contribution in [-0.2, 0) is 0 Å². The van der Waals surface area contributed by atoms with Crippen molar-refractivity contribution in [1.29, 1.82) is 0 Å². The molecule has 0 atom stereocenters. The first-order valence-corrected chi connectivity index (χ1v) is 3.66. The second kappa shape index (κ2) is 5.00. The van der Waals surface area contributed by atoms with Gasteiger partial charge >= 0.3 is 0 Å². The van der Waals surface area contributed by atoms with Gasteiger partial charge < -0.3 is 5.43 Å². The Labute approximate surface area is 54.7 Å². The van der Waals surface area contributed by atoms with E-state index in [4.69, 9.17) is 0 Å². The molecule has 0 saturated carbocycles. The fraction of sp³-hybridized carbons (Fsp3) is 0.600. The summed E-state index contributed by atoms with van der Waals surface area (Å²) in [5, 5.41) is 0. The summed E-state index contributed by atoms with van der Waals surface area (Å²) in [5.74, 6) is 0. The van der Waals surface area contributed by atoms with Crippen LogP contribution in [0.15, 0.2) is 11.1 Å². The molecule has 0 aromatic rings. The Morgan fingerprint density at radius 3 is 2.62 bits per heavy atom. The maximum atomic E-state index is 2.87. The van der Waals surface area contributed by atoms with E-state index < -0.39 is 0 Å². The maximum absolute atomic E-state index is 2.87. The highest BCUT2D eigenvalue weighted by molar-refractivity contribution is 8.02. The fourth-order valence-corrected chi connectivity index (χ4v) is 0.410. The van der Waals surface area contributed by atoms with Crippen molar-refractivity contribution in [3.8, 4) is 0 Å². The molecule has 0 aliphatic carbocycles. The molecule has 0 heterocycles. The summed E-state index contributed by atoms with van der Waals surface area (Å²) in [6.07, 6.45) is 3.97. The zero-order valence-corrected chi connectivity index (χ0v) is 6.30. The molecular weight excluding hydrogens is 120 g/mol. The number of allylic oxidation sites excluding steroid dienone is 1. The van der Waals surface area contributed by atoms with Crippen LogP contribution in [0.3, 0.4) is 0 Å². The van der Waals surface area contributed by atoms with Gasteiger partial charge in [-0.05, 0) is 18.1 Å². The van der Waals surface area contributed by atoms with E-state index in [1.807, 2.05) is 19.5 Å². The van der Waals surface area contributed by atoms with Gasteiger partial charge in [-0.15, -0.1) is 11.8 Å². The molecule has 0 amide bonds. The van der Waals surface area contributed by atoms with Crippen molar-refractivity contribution >= 4 is 11.8 Å². The van der Waals surface area contributed by atoms with E-state index in [0.29, 0.717) is 0 Å². The highest BCUT2D eigenvalue weighted by Crippen LogP contribution is 2.06. The normalized spacial score (nSPS) is 11.6. The SMILES string of the molecule is CNN/C=C(\C)SC. The van der Waals surface area contributed by atoms with Gasteiger partial charge in [-0.1, -0.05) is 0 Å². The predicted molar refractivity (Wildman–Crippen MR) is 39.5 cm³/mol. The number of hydrogen-bond acceptors (Lipinski definition) is 3. The molecule has 2 N–H and O–H groups in total. The summed E-state index contributed by atoms with van der Waals surface area (Å²) in [4.78, 5) is 1.26. The summed E-state index contributed by atoms with van der Waals surface area (Å²) in [6, 6.07) is 0. The first kappa shape index (κ1) is 7.85. The molecule has 0 aliphatic heterocycles. The van der Waals surface area contributed by atoms with Gasteiger partial charge in [0.2, 0.25) is 0 Å². The van der Waals surface area contributed by atoms with E-state index in [9.17, 15) is 0 Å². The Bertz CT molecular complexity index is 80.5. The van der Waals surface area contributed by atoms with Crippen LogP contribution >= 0.6 is 11.8 Å². The van der Waals surface area contributed by atoms with Crippen molar-refractivity contribution in [3.63, 3.8) is 0 Å². The molecule has 0 aromatic carbocycles. The zero-order chi connectivity index (χ0) is 6.41. The minimum atomic E-state index is 1.26. The molecule has 0 aromatic heterocycles. The topological polar surface area (TPSA) is 24.1 Å². The number of rotatable bonds is 3. The quantitative estimate of drug-likeness (QED) is 0.559. The monoisotopic (exact) mass is 132 g/mol. The van der Waals surface area contributed by atoms with Gasteiger partial charge in [-0.3, -0.25) is 0 Å². The highest BCUT2D eigenvalue weighted by atomic mass is 32.2. The average Bonchev–Trinajstić information content (AvgIpc) is 1.83. The van der Waals surface area contributed by atoms with E-state index in [-0.39, 0.29) is 0 Å². The van der Waals surface area contributed by atoms with Gasteiger partial charge in [0.05, 0.1) is 0 Å². The number of thioether (sulfide) groups is 1. The third kappa shape index (κ3) is 4.02. The molecule has 8 heavy (non-hydrogen) atoms. The molecule has 0 bridgehead atoms. The Hall–Kier alpha value is -0.150. The van der Waals surface area contributed by atoms with Crippen LogP contribution in [0.5, 0.6) is 0 Å². The van der Waals surface area contributed by atoms with Gasteiger partial charge in [0.1, 0.15) is 0 Å². The van der Waals surface area contributed by atoms with Crippen molar-refractivity contribution in [2.24, 2.45) is 0 Å². The predicted octanol–water partition coefficient (Wildman–Crippen LogP) is 0.935. The van der Waals surface area contributed by atoms with Crippen LogP contribution in [0.2, 0.25) is 0 Å². The van der Waals surface area contributed by atoms with Crippen LogP contribution in [0.25, 0.3) is 0 Å². The lowest BCUT2D eigenvalue weighted by Crippen LogP contribution is -2.20. The Morgan fingerprint density at radius 2 is 2.25 bits per heavy atom. The van der Waals surface area contributed by atoms with Crippen LogP contribution < -0.4 is 10.9 Å². The average molecular weight is 132 g/mol. The summed E-state index contributed by atoms with van der Waals surface area (Å²) >= 11 is 1.72. The molecule has 0 aliphatic rings. The molecule has 0 rings (SSSR count). The minimum Gasteiger partial charge on any atom is -0.328 e. The molecule has 48 valence electrons. The maximum Gasteiger partial charge on any atom is 0.0217 e. The van der Waals surface area contributed by atoms with E-state index in [1.165, 1.54) is 4.91 Å². The van der Waals surface area contributed by atoms with Crippen molar-refractivity contribution in [2.45, 2.75) is 6.92 Å². The van der Waals surface area contributed by atoms with Crippen LogP contribution in [0.4, 0.5) is 0 Å². The number of nitrogens with one attached hydrogen (secondary N) is 2. The van der Waals surface area contributed by atoms with E-state index in [0.717, 1.165) is 0 Å². The smallest absolute Gasteiger partial charge is 0.0217 e. The standard InChI is InChI=1S/C5H12N2S/c1-5(8-3)4-7-6-2/h4,6-7H,1-3H3/b5-4+. The molecule has 3 heteroatoms. The van der Waals surface area contributed by atoms with E-state index in [2.05, 4.69) is 17.8 Å². The third-order valence-corrected chi connectivity index (χ3v) is 1.50. The second-order valence-corrected chi connectivity index (χ2v) is 2.41. The lowest BCUT2D eigenvalue weighted by molar-refractivity contribution is 0.729. The lowest BCUT2D eigenvalue weighted by Gasteiger charge is -1.96. The van der Waals surface area contributed by atoms with Crippen molar-refractivity contribution < 1.29 is 0 Å². The summed E-state index contributed by atoms with van der Waals surface area (Å²) < 4.78 is 0. The Kier molecular flexibility index (Phi) is 4.90. The summed E-state index contributed by atoms with van der Waals surface area (Å²) in [6.45, 7) is 2.05. The molecule has 0 saturated heterocycles. The minimum absolute atomic E-state index is 1.26. The van der Waals surface area contributed by atoms with E-state index in [1.54, 1.807) is 11.8 Å².